The monoisotopic (exact) mass is 498 g/mol. The smallest absolute Gasteiger partial charge is 0.201 e. The van der Waals surface area contributed by atoms with Crippen LogP contribution in [0.3, 0.4) is 0 Å². The summed E-state index contributed by atoms with van der Waals surface area (Å²) in [5.74, 6) is -2.43. The summed E-state index contributed by atoms with van der Waals surface area (Å²) in [7, 11) is 0. The highest BCUT2D eigenvalue weighted by Crippen LogP contribution is 2.33. The Hall–Kier alpha value is -2.83. The van der Waals surface area contributed by atoms with Crippen molar-refractivity contribution in [1.82, 2.24) is 0 Å². The number of ether oxygens (including phenoxy) is 3. The first-order valence-electron chi connectivity index (χ1n) is 12.8. The predicted octanol–water partition coefficient (Wildman–Crippen LogP) is 8.26. The van der Waals surface area contributed by atoms with Crippen LogP contribution in [0.1, 0.15) is 57.4 Å². The van der Waals surface area contributed by atoms with E-state index >= 15 is 4.39 Å². The standard InChI is InChI=1S/C30H33F3O3/c1-3-5-6-7-28-35-18-23(19-36-28)22-12-13-24(26(31)17-22)20-8-10-21(11-9-20)25-14-15-27(34-16-4-2)30(33)29(25)32/h8-15,17,23,28H,3-7,16,18-19H2,1-2H3. The highest BCUT2D eigenvalue weighted by molar-refractivity contribution is 5.71. The summed E-state index contributed by atoms with van der Waals surface area (Å²) in [6.45, 7) is 5.39. The number of unbranched alkanes of at least 4 members (excludes halogenated alkanes) is 2. The van der Waals surface area contributed by atoms with Crippen LogP contribution in [0.4, 0.5) is 13.2 Å². The average Bonchev–Trinajstić information content (AvgIpc) is 2.90. The first-order valence-corrected chi connectivity index (χ1v) is 12.8. The van der Waals surface area contributed by atoms with Crippen LogP contribution in [0.15, 0.2) is 54.6 Å². The minimum atomic E-state index is -1.00. The van der Waals surface area contributed by atoms with Crippen molar-refractivity contribution in [2.24, 2.45) is 0 Å². The van der Waals surface area contributed by atoms with Gasteiger partial charge in [-0.3, -0.25) is 0 Å². The fourth-order valence-electron chi connectivity index (χ4n) is 4.39. The topological polar surface area (TPSA) is 27.7 Å². The van der Waals surface area contributed by atoms with Gasteiger partial charge in [-0.1, -0.05) is 63.1 Å². The second-order valence-corrected chi connectivity index (χ2v) is 9.19. The van der Waals surface area contributed by atoms with E-state index in [1.165, 1.54) is 18.2 Å². The van der Waals surface area contributed by atoms with Crippen molar-refractivity contribution in [2.45, 2.75) is 58.2 Å². The van der Waals surface area contributed by atoms with Crippen molar-refractivity contribution in [3.8, 4) is 28.0 Å². The summed E-state index contributed by atoms with van der Waals surface area (Å²) in [6.07, 6.45) is 4.80. The molecule has 0 saturated carbocycles. The molecule has 0 unspecified atom stereocenters. The summed E-state index contributed by atoms with van der Waals surface area (Å²) in [6, 6.07) is 14.8. The quantitative estimate of drug-likeness (QED) is 0.263. The molecule has 3 aromatic rings. The van der Waals surface area contributed by atoms with Gasteiger partial charge in [0.25, 0.3) is 0 Å². The molecule has 4 rings (SSSR count). The molecule has 0 N–H and O–H groups in total. The van der Waals surface area contributed by atoms with Gasteiger partial charge in [0.15, 0.2) is 17.9 Å². The molecule has 3 nitrogen and oxygen atoms in total. The molecular weight excluding hydrogens is 465 g/mol. The summed E-state index contributed by atoms with van der Waals surface area (Å²) in [5.41, 5.74) is 2.56. The SMILES string of the molecule is CCCCCC1OCC(c2ccc(-c3ccc(-c4ccc(OCCC)c(F)c4F)cc3)c(F)c2)CO1. The van der Waals surface area contributed by atoms with Gasteiger partial charge in [0, 0.05) is 17.0 Å². The number of benzene rings is 3. The second kappa shape index (κ2) is 12.4. The number of hydrogen-bond acceptors (Lipinski definition) is 3. The number of halogens is 3. The van der Waals surface area contributed by atoms with E-state index in [0.29, 0.717) is 42.9 Å². The van der Waals surface area contributed by atoms with Crippen LogP contribution in [0.5, 0.6) is 5.75 Å². The molecule has 0 radical (unpaired) electrons. The Balaban J connectivity index is 1.44. The summed E-state index contributed by atoms with van der Waals surface area (Å²) in [4.78, 5) is 0. The van der Waals surface area contributed by atoms with Gasteiger partial charge >= 0.3 is 0 Å². The number of hydrogen-bond donors (Lipinski definition) is 0. The van der Waals surface area contributed by atoms with Crippen LogP contribution in [-0.4, -0.2) is 26.1 Å². The van der Waals surface area contributed by atoms with Gasteiger partial charge < -0.3 is 14.2 Å². The minimum absolute atomic E-state index is 0.0134. The molecule has 0 aromatic heterocycles. The fraction of sp³-hybridized carbons (Fsp3) is 0.400. The Labute approximate surface area is 211 Å². The minimum Gasteiger partial charge on any atom is -0.490 e. The van der Waals surface area contributed by atoms with Gasteiger partial charge in [-0.2, -0.15) is 4.39 Å². The molecule has 0 amide bonds. The third-order valence-electron chi connectivity index (χ3n) is 6.49. The van der Waals surface area contributed by atoms with E-state index in [1.54, 1.807) is 30.3 Å². The molecule has 0 atom stereocenters. The Morgan fingerprint density at radius 3 is 2.08 bits per heavy atom. The van der Waals surface area contributed by atoms with Crippen molar-refractivity contribution in [3.05, 3.63) is 77.6 Å². The molecule has 3 aromatic carbocycles. The highest BCUT2D eigenvalue weighted by Gasteiger charge is 2.24. The maximum absolute atomic E-state index is 15.1. The maximum Gasteiger partial charge on any atom is 0.201 e. The molecule has 1 heterocycles. The van der Waals surface area contributed by atoms with Gasteiger partial charge in [-0.05, 0) is 54.2 Å². The Kier molecular flexibility index (Phi) is 9.05. The second-order valence-electron chi connectivity index (χ2n) is 9.19. The lowest BCUT2D eigenvalue weighted by Gasteiger charge is -2.30. The molecule has 36 heavy (non-hydrogen) atoms. The first kappa shape index (κ1) is 26.2. The third kappa shape index (κ3) is 6.11. The van der Waals surface area contributed by atoms with E-state index in [4.69, 9.17) is 14.2 Å². The average molecular weight is 499 g/mol. The Morgan fingerprint density at radius 1 is 0.778 bits per heavy atom. The first-order chi connectivity index (χ1) is 17.5. The molecule has 1 fully saturated rings. The van der Waals surface area contributed by atoms with Crippen molar-refractivity contribution in [3.63, 3.8) is 0 Å². The van der Waals surface area contributed by atoms with Crippen LogP contribution in [0, 0.1) is 17.5 Å². The van der Waals surface area contributed by atoms with Gasteiger partial charge in [-0.25, -0.2) is 8.78 Å². The van der Waals surface area contributed by atoms with E-state index in [-0.39, 0.29) is 29.3 Å². The van der Waals surface area contributed by atoms with Crippen LogP contribution >= 0.6 is 0 Å². The van der Waals surface area contributed by atoms with E-state index in [2.05, 4.69) is 6.92 Å². The normalized spacial score (nSPS) is 17.8. The summed E-state index contributed by atoms with van der Waals surface area (Å²) >= 11 is 0. The zero-order valence-corrected chi connectivity index (χ0v) is 20.9. The van der Waals surface area contributed by atoms with Crippen LogP contribution in [-0.2, 0) is 9.47 Å². The van der Waals surface area contributed by atoms with E-state index in [0.717, 1.165) is 31.2 Å². The maximum atomic E-state index is 15.1. The molecular formula is C30H33F3O3. The summed E-state index contributed by atoms with van der Waals surface area (Å²) in [5, 5.41) is 0. The molecule has 1 saturated heterocycles. The van der Waals surface area contributed by atoms with Gasteiger partial charge in [0.05, 0.1) is 19.8 Å². The van der Waals surface area contributed by atoms with Crippen LogP contribution in [0.2, 0.25) is 0 Å². The molecule has 0 aliphatic carbocycles. The van der Waals surface area contributed by atoms with E-state index in [9.17, 15) is 8.78 Å². The molecule has 0 bridgehead atoms. The zero-order valence-electron chi connectivity index (χ0n) is 20.9. The highest BCUT2D eigenvalue weighted by atomic mass is 19.2. The van der Waals surface area contributed by atoms with E-state index < -0.39 is 11.6 Å². The van der Waals surface area contributed by atoms with Crippen LogP contribution < -0.4 is 4.74 Å². The molecule has 1 aliphatic heterocycles. The zero-order chi connectivity index (χ0) is 25.5. The van der Waals surface area contributed by atoms with Crippen LogP contribution in [0.25, 0.3) is 22.3 Å². The Morgan fingerprint density at radius 2 is 1.44 bits per heavy atom. The molecule has 6 heteroatoms. The Bertz CT molecular complexity index is 1140. The van der Waals surface area contributed by atoms with E-state index in [1.807, 2.05) is 13.0 Å². The molecule has 1 aliphatic rings. The lowest BCUT2D eigenvalue weighted by molar-refractivity contribution is -0.190. The third-order valence-corrected chi connectivity index (χ3v) is 6.49. The molecule has 192 valence electrons. The predicted molar refractivity (Wildman–Crippen MR) is 136 cm³/mol. The largest absolute Gasteiger partial charge is 0.490 e. The number of rotatable bonds is 10. The van der Waals surface area contributed by atoms with Crippen molar-refractivity contribution >= 4 is 0 Å². The molecule has 0 spiro atoms. The lowest BCUT2D eigenvalue weighted by Crippen LogP contribution is -2.30. The van der Waals surface area contributed by atoms with Gasteiger partial charge in [-0.15, -0.1) is 0 Å². The lowest BCUT2D eigenvalue weighted by atomic mass is 9.95. The van der Waals surface area contributed by atoms with Gasteiger partial charge in [0.1, 0.15) is 5.82 Å². The van der Waals surface area contributed by atoms with Crippen molar-refractivity contribution < 1.29 is 27.4 Å². The van der Waals surface area contributed by atoms with Crippen molar-refractivity contribution in [2.75, 3.05) is 19.8 Å². The summed E-state index contributed by atoms with van der Waals surface area (Å²) < 4.78 is 61.0. The fourth-order valence-corrected chi connectivity index (χ4v) is 4.39. The van der Waals surface area contributed by atoms with Crippen molar-refractivity contribution in [1.29, 1.82) is 0 Å². The van der Waals surface area contributed by atoms with Gasteiger partial charge in [0.2, 0.25) is 5.82 Å².